The highest BCUT2D eigenvalue weighted by atomic mass is 79.9. The Balaban J connectivity index is 1.79. The number of benzene rings is 2. The molecule has 0 fully saturated rings. The number of halogens is 3. The topological polar surface area (TPSA) is 65.6 Å². The lowest BCUT2D eigenvalue weighted by Gasteiger charge is -2.08. The number of nitrogens with zero attached hydrogens (tertiary/aromatic N) is 5. The summed E-state index contributed by atoms with van der Waals surface area (Å²) in [7, 11) is 0. The Morgan fingerprint density at radius 3 is 2.65 bits per heavy atom. The molecule has 0 bridgehead atoms. The molecule has 2 aromatic carbocycles. The average molecular weight is 435 g/mol. The Bertz CT molecular complexity index is 1150. The molecule has 130 valence electrons. The van der Waals surface area contributed by atoms with E-state index in [1.807, 2.05) is 24.3 Å². The predicted molar refractivity (Wildman–Crippen MR) is 99.1 cm³/mol. The summed E-state index contributed by atoms with van der Waals surface area (Å²) < 4.78 is 17.6. The maximum Gasteiger partial charge on any atom is 0.283 e. The fraction of sp³-hybridized carbons (Fsp3) is 0.0588. The lowest BCUT2D eigenvalue weighted by molar-refractivity contribution is 0.595. The van der Waals surface area contributed by atoms with Gasteiger partial charge in [0.25, 0.3) is 5.56 Å². The Labute approximate surface area is 160 Å². The van der Waals surface area contributed by atoms with Gasteiger partial charge in [0.05, 0.1) is 12.2 Å². The van der Waals surface area contributed by atoms with Gasteiger partial charge in [0, 0.05) is 15.1 Å². The van der Waals surface area contributed by atoms with Gasteiger partial charge in [0.2, 0.25) is 0 Å². The number of hydrogen-bond donors (Lipinski definition) is 0. The maximum atomic E-state index is 14.0. The lowest BCUT2D eigenvalue weighted by atomic mass is 10.2. The van der Waals surface area contributed by atoms with Crippen LogP contribution in [0.15, 0.2) is 58.1 Å². The molecule has 0 aliphatic rings. The number of aromatic nitrogens is 5. The molecule has 0 N–H and O–H groups in total. The molecule has 6 nitrogen and oxygen atoms in total. The monoisotopic (exact) mass is 433 g/mol. The van der Waals surface area contributed by atoms with Crippen molar-refractivity contribution in [3.8, 4) is 5.69 Å². The van der Waals surface area contributed by atoms with Gasteiger partial charge in [-0.2, -0.15) is 4.68 Å². The van der Waals surface area contributed by atoms with Gasteiger partial charge in [-0.15, -0.1) is 5.10 Å². The molecule has 0 saturated heterocycles. The normalized spacial score (nSPS) is 11.2. The zero-order valence-corrected chi connectivity index (χ0v) is 15.4. The van der Waals surface area contributed by atoms with Gasteiger partial charge in [-0.05, 0) is 36.4 Å². The van der Waals surface area contributed by atoms with Gasteiger partial charge >= 0.3 is 0 Å². The Morgan fingerprint density at radius 2 is 1.92 bits per heavy atom. The van der Waals surface area contributed by atoms with Crippen LogP contribution < -0.4 is 5.56 Å². The third-order valence-electron chi connectivity index (χ3n) is 3.89. The first-order valence-corrected chi connectivity index (χ1v) is 8.71. The molecule has 0 amide bonds. The summed E-state index contributed by atoms with van der Waals surface area (Å²) in [5, 5.41) is 8.20. The molecule has 0 unspecified atom stereocenters. The fourth-order valence-electron chi connectivity index (χ4n) is 2.57. The number of hydrogen-bond acceptors (Lipinski definition) is 4. The first-order valence-electron chi connectivity index (χ1n) is 7.54. The van der Waals surface area contributed by atoms with E-state index in [1.165, 1.54) is 27.7 Å². The Morgan fingerprint density at radius 1 is 1.15 bits per heavy atom. The fourth-order valence-corrected chi connectivity index (χ4v) is 3.05. The second-order valence-electron chi connectivity index (χ2n) is 5.53. The van der Waals surface area contributed by atoms with Crippen LogP contribution in [0.25, 0.3) is 16.9 Å². The molecule has 0 aliphatic heterocycles. The summed E-state index contributed by atoms with van der Waals surface area (Å²) >= 11 is 9.40. The highest BCUT2D eigenvalue weighted by Crippen LogP contribution is 2.20. The minimum absolute atomic E-state index is 0.0432. The number of fused-ring (bicyclic) bond motifs is 1. The largest absolute Gasteiger partial charge is 0.293 e. The van der Waals surface area contributed by atoms with E-state index in [9.17, 15) is 9.18 Å². The maximum absolute atomic E-state index is 14.0. The average Bonchev–Trinajstić information content (AvgIpc) is 3.05. The van der Waals surface area contributed by atoms with Crippen LogP contribution in [0, 0.1) is 5.82 Å². The van der Waals surface area contributed by atoms with Crippen molar-refractivity contribution in [2.24, 2.45) is 0 Å². The van der Waals surface area contributed by atoms with E-state index in [2.05, 4.69) is 31.2 Å². The highest BCUT2D eigenvalue weighted by molar-refractivity contribution is 9.10. The van der Waals surface area contributed by atoms with Crippen molar-refractivity contribution in [1.29, 1.82) is 0 Å². The number of rotatable bonds is 3. The van der Waals surface area contributed by atoms with E-state index in [-0.39, 0.29) is 22.6 Å². The third-order valence-corrected chi connectivity index (χ3v) is 4.77. The first-order chi connectivity index (χ1) is 12.5. The van der Waals surface area contributed by atoms with Crippen molar-refractivity contribution in [1.82, 2.24) is 24.5 Å². The molecule has 0 saturated carbocycles. The molecule has 0 atom stereocenters. The second-order valence-corrected chi connectivity index (χ2v) is 6.85. The summed E-state index contributed by atoms with van der Waals surface area (Å²) in [4.78, 5) is 17.0. The molecule has 26 heavy (non-hydrogen) atoms. The first kappa shape index (κ1) is 16.9. The van der Waals surface area contributed by atoms with Crippen LogP contribution in [0.4, 0.5) is 4.39 Å². The zero-order valence-electron chi connectivity index (χ0n) is 13.1. The van der Waals surface area contributed by atoms with Gasteiger partial charge in [0.15, 0.2) is 11.2 Å². The SMILES string of the molecule is O=c1c2nnn(-c3ccc(Br)cc3)c2ncn1Cc1c(F)cccc1Cl. The smallest absolute Gasteiger partial charge is 0.283 e. The Kier molecular flexibility index (Phi) is 4.29. The van der Waals surface area contributed by atoms with Gasteiger partial charge in [-0.25, -0.2) is 9.37 Å². The van der Waals surface area contributed by atoms with E-state index in [1.54, 1.807) is 6.07 Å². The van der Waals surface area contributed by atoms with Crippen LogP contribution in [-0.2, 0) is 6.54 Å². The Hall–Kier alpha value is -2.58. The zero-order chi connectivity index (χ0) is 18.3. The highest BCUT2D eigenvalue weighted by Gasteiger charge is 2.15. The summed E-state index contributed by atoms with van der Waals surface area (Å²) in [6.07, 6.45) is 1.34. The molecule has 9 heteroatoms. The minimum Gasteiger partial charge on any atom is -0.293 e. The van der Waals surface area contributed by atoms with E-state index in [0.29, 0.717) is 5.65 Å². The van der Waals surface area contributed by atoms with Crippen molar-refractivity contribution in [2.75, 3.05) is 0 Å². The van der Waals surface area contributed by atoms with E-state index >= 15 is 0 Å². The molecule has 0 aliphatic carbocycles. The standard InChI is InChI=1S/C17H10BrClFN5O/c18-10-4-6-11(7-5-10)25-16-15(22-23-25)17(26)24(9-21-16)8-12-13(19)2-1-3-14(12)20/h1-7,9H,8H2. The summed E-state index contributed by atoms with van der Waals surface area (Å²) in [5.74, 6) is -0.483. The molecule has 2 aromatic heterocycles. The molecule has 4 rings (SSSR count). The molecular formula is C17H10BrClFN5O. The van der Waals surface area contributed by atoms with Crippen molar-refractivity contribution in [2.45, 2.75) is 6.54 Å². The van der Waals surface area contributed by atoms with Crippen LogP contribution in [0.3, 0.4) is 0 Å². The quantitative estimate of drug-likeness (QED) is 0.494. The van der Waals surface area contributed by atoms with E-state index < -0.39 is 11.4 Å². The van der Waals surface area contributed by atoms with Crippen LogP contribution in [0.1, 0.15) is 5.56 Å². The molecule has 4 aromatic rings. The predicted octanol–water partition coefficient (Wildman–Crippen LogP) is 3.58. The van der Waals surface area contributed by atoms with E-state index in [0.717, 1.165) is 10.2 Å². The van der Waals surface area contributed by atoms with Gasteiger partial charge in [-0.3, -0.25) is 9.36 Å². The second kappa shape index (κ2) is 6.62. The van der Waals surface area contributed by atoms with Crippen molar-refractivity contribution in [3.63, 3.8) is 0 Å². The minimum atomic E-state index is -0.483. The van der Waals surface area contributed by atoms with Gasteiger partial charge in [-0.1, -0.05) is 38.8 Å². The van der Waals surface area contributed by atoms with E-state index in [4.69, 9.17) is 11.6 Å². The summed E-state index contributed by atoms with van der Waals surface area (Å²) in [6.45, 7) is -0.0432. The van der Waals surface area contributed by atoms with Crippen LogP contribution in [0.2, 0.25) is 5.02 Å². The van der Waals surface area contributed by atoms with Crippen molar-refractivity contribution in [3.05, 3.63) is 80.0 Å². The third kappa shape index (κ3) is 2.91. The molecular weight excluding hydrogens is 425 g/mol. The van der Waals surface area contributed by atoms with Crippen LogP contribution in [-0.4, -0.2) is 24.5 Å². The summed E-state index contributed by atoms with van der Waals surface area (Å²) in [6, 6.07) is 11.7. The van der Waals surface area contributed by atoms with Crippen LogP contribution >= 0.6 is 27.5 Å². The summed E-state index contributed by atoms with van der Waals surface area (Å²) in [5.41, 5.74) is 0.948. The lowest BCUT2D eigenvalue weighted by Crippen LogP contribution is -2.22. The van der Waals surface area contributed by atoms with Crippen LogP contribution in [0.5, 0.6) is 0 Å². The van der Waals surface area contributed by atoms with Crippen molar-refractivity contribution >= 4 is 38.7 Å². The van der Waals surface area contributed by atoms with Gasteiger partial charge in [0.1, 0.15) is 12.1 Å². The van der Waals surface area contributed by atoms with Crippen molar-refractivity contribution < 1.29 is 4.39 Å². The molecule has 2 heterocycles. The van der Waals surface area contributed by atoms with Gasteiger partial charge < -0.3 is 0 Å². The molecule has 0 spiro atoms. The molecule has 0 radical (unpaired) electrons.